The lowest BCUT2D eigenvalue weighted by Gasteiger charge is -2.14. The molecule has 0 saturated heterocycles. The van der Waals surface area contributed by atoms with Crippen molar-refractivity contribution in [3.8, 4) is 23.8 Å². The van der Waals surface area contributed by atoms with E-state index in [2.05, 4.69) is 74.7 Å². The first-order chi connectivity index (χ1) is 12.1. The van der Waals surface area contributed by atoms with Crippen LogP contribution in [0.5, 0.6) is 0 Å². The topological polar surface area (TPSA) is 0 Å². The van der Waals surface area contributed by atoms with E-state index in [-0.39, 0.29) is 0 Å². The van der Waals surface area contributed by atoms with E-state index in [1.165, 1.54) is 56.6 Å². The van der Waals surface area contributed by atoms with Crippen LogP contribution in [0.3, 0.4) is 0 Å². The third-order valence-electron chi connectivity index (χ3n) is 4.23. The van der Waals surface area contributed by atoms with Gasteiger partial charge in [0.1, 0.15) is 0 Å². The molecule has 138 valence electrons. The molecular weight excluding hydrogens is 316 g/mol. The minimum absolute atomic E-state index is 0.958. The maximum absolute atomic E-state index is 5.06. The molecule has 0 aromatic heterocycles. The summed E-state index contributed by atoms with van der Waals surface area (Å²) in [7, 11) is -1.51. The van der Waals surface area contributed by atoms with Gasteiger partial charge >= 0.3 is 0 Å². The zero-order chi connectivity index (χ0) is 18.8. The van der Waals surface area contributed by atoms with Gasteiger partial charge in [0.05, 0.1) is 0 Å². The summed E-state index contributed by atoms with van der Waals surface area (Å²) in [6.45, 7) is 9.12. The third kappa shape index (κ3) is 13.5. The molecule has 0 spiro atoms. The highest BCUT2D eigenvalue weighted by atomic mass is 28.3. The zero-order valence-corrected chi connectivity index (χ0v) is 18.0. The molecule has 0 bridgehead atoms. The second-order valence-electron chi connectivity index (χ2n) is 7.12. The van der Waals surface area contributed by atoms with Crippen molar-refractivity contribution in [2.45, 2.75) is 91.1 Å². The molecule has 1 heteroatoms. The van der Waals surface area contributed by atoms with Crippen molar-refractivity contribution in [2.24, 2.45) is 0 Å². The van der Waals surface area contributed by atoms with Gasteiger partial charge in [0.25, 0.3) is 0 Å². The van der Waals surface area contributed by atoms with Crippen molar-refractivity contribution >= 4 is 13.3 Å². The molecule has 0 unspecified atom stereocenters. The molecule has 0 aliphatic heterocycles. The van der Waals surface area contributed by atoms with Gasteiger partial charge in [-0.2, -0.15) is 0 Å². The maximum atomic E-state index is 5.06. The summed E-state index contributed by atoms with van der Waals surface area (Å²) < 4.78 is 0. The van der Waals surface area contributed by atoms with E-state index in [0.29, 0.717) is 0 Å². The smallest absolute Gasteiger partial charge is 0.126 e. The highest BCUT2D eigenvalue weighted by molar-refractivity contribution is 6.96. The van der Waals surface area contributed by atoms with Crippen LogP contribution in [0, 0.1) is 23.8 Å². The molecule has 0 saturated carbocycles. The van der Waals surface area contributed by atoms with Gasteiger partial charge in [0, 0.05) is 12.8 Å². The number of hydrogen-bond donors (Lipinski definition) is 0. The molecule has 0 N–H and O–H groups in total. The van der Waals surface area contributed by atoms with Crippen LogP contribution < -0.4 is 5.19 Å². The van der Waals surface area contributed by atoms with Crippen LogP contribution >= 0.6 is 0 Å². The Bertz CT molecular complexity index is 511. The summed E-state index contributed by atoms with van der Waals surface area (Å²) >= 11 is 0. The van der Waals surface area contributed by atoms with Crippen LogP contribution in [0.4, 0.5) is 0 Å². The van der Waals surface area contributed by atoms with Gasteiger partial charge in [-0.05, 0) is 18.0 Å². The number of unbranched alkanes of at least 4 members (excludes halogenated alkanes) is 8. The van der Waals surface area contributed by atoms with E-state index in [4.69, 9.17) is 6.42 Å². The molecule has 0 fully saturated rings. The fourth-order valence-electron chi connectivity index (χ4n) is 2.50. The molecule has 0 nitrogen and oxygen atoms in total. The fraction of sp³-hybridized carbons (Fsp3) is 0.583. The van der Waals surface area contributed by atoms with Gasteiger partial charge in [0.2, 0.25) is 0 Å². The number of hydrogen-bond acceptors (Lipinski definition) is 0. The molecule has 0 heterocycles. The number of terminal acetylenes is 1. The van der Waals surface area contributed by atoms with E-state index >= 15 is 0 Å². The number of benzene rings is 1. The standard InChI is InChI=1S/C16H24Si.C8H14/c1-4-5-6-7-8-12-15-17(2,3)16-13-10-9-11-14-16;1-3-5-7-8-6-4-2/h9-11,13-14H,4-8H2,1-3H3;1H,4-8H2,2H3. The second-order valence-corrected chi connectivity index (χ2v) is 11.2. The van der Waals surface area contributed by atoms with Crippen LogP contribution in [0.25, 0.3) is 0 Å². The molecule has 0 amide bonds. The summed E-state index contributed by atoms with van der Waals surface area (Å²) in [5, 5.41) is 1.45. The van der Waals surface area contributed by atoms with E-state index in [9.17, 15) is 0 Å². The van der Waals surface area contributed by atoms with Gasteiger partial charge < -0.3 is 0 Å². The molecule has 0 radical (unpaired) electrons. The first kappa shape index (κ1) is 23.6. The van der Waals surface area contributed by atoms with Gasteiger partial charge in [-0.25, -0.2) is 0 Å². The predicted molar refractivity (Wildman–Crippen MR) is 118 cm³/mol. The Morgan fingerprint density at radius 3 is 1.88 bits per heavy atom. The van der Waals surface area contributed by atoms with E-state index in [0.717, 1.165) is 12.8 Å². The van der Waals surface area contributed by atoms with Gasteiger partial charge in [-0.1, -0.05) is 95.8 Å². The minimum Gasteiger partial charge on any atom is -0.126 e. The minimum atomic E-state index is -1.51. The van der Waals surface area contributed by atoms with Crippen LogP contribution in [-0.2, 0) is 0 Å². The van der Waals surface area contributed by atoms with Gasteiger partial charge in [-0.15, -0.1) is 23.8 Å². The van der Waals surface area contributed by atoms with Crippen LogP contribution in [-0.4, -0.2) is 8.07 Å². The molecule has 0 atom stereocenters. The average Bonchev–Trinajstić information content (AvgIpc) is 2.63. The predicted octanol–water partition coefficient (Wildman–Crippen LogP) is 6.71. The Hall–Kier alpha value is -1.44. The second kappa shape index (κ2) is 16.0. The molecule has 1 aromatic rings. The Kier molecular flexibility index (Phi) is 15.1. The molecule has 25 heavy (non-hydrogen) atoms. The molecule has 1 aromatic carbocycles. The average molecular weight is 355 g/mol. The van der Waals surface area contributed by atoms with E-state index in [1.54, 1.807) is 0 Å². The van der Waals surface area contributed by atoms with Crippen LogP contribution in [0.1, 0.15) is 78.1 Å². The van der Waals surface area contributed by atoms with Crippen molar-refractivity contribution in [1.29, 1.82) is 0 Å². The van der Waals surface area contributed by atoms with Crippen molar-refractivity contribution in [3.05, 3.63) is 30.3 Å². The van der Waals surface area contributed by atoms with Crippen LogP contribution in [0.2, 0.25) is 13.1 Å². The fourth-order valence-corrected chi connectivity index (χ4v) is 4.24. The molecule has 0 aliphatic carbocycles. The lowest BCUT2D eigenvalue weighted by molar-refractivity contribution is 0.680. The highest BCUT2D eigenvalue weighted by Crippen LogP contribution is 2.04. The molecule has 0 aliphatic rings. The van der Waals surface area contributed by atoms with Gasteiger partial charge in [0.15, 0.2) is 8.07 Å². The lowest BCUT2D eigenvalue weighted by Crippen LogP contribution is -2.39. The summed E-state index contributed by atoms with van der Waals surface area (Å²) in [5.74, 6) is 6.02. The first-order valence-electron chi connectivity index (χ1n) is 10.1. The van der Waals surface area contributed by atoms with Gasteiger partial charge in [-0.3, -0.25) is 0 Å². The Balaban J connectivity index is 0.000000609. The summed E-state index contributed by atoms with van der Waals surface area (Å²) in [6, 6.07) is 10.8. The SMILES string of the molecule is C#CCCCCCC.CCCCCCC#C[Si](C)(C)c1ccccc1. The maximum Gasteiger partial charge on any atom is 0.162 e. The quantitative estimate of drug-likeness (QED) is 0.263. The molecule has 1 rings (SSSR count). The van der Waals surface area contributed by atoms with Crippen molar-refractivity contribution in [3.63, 3.8) is 0 Å². The molecular formula is C24H38Si. The highest BCUT2D eigenvalue weighted by Gasteiger charge is 2.19. The summed E-state index contributed by atoms with van der Waals surface area (Å²) in [5.41, 5.74) is 3.54. The monoisotopic (exact) mass is 354 g/mol. The first-order valence-corrected chi connectivity index (χ1v) is 13.1. The normalized spacial score (nSPS) is 10.0. The Morgan fingerprint density at radius 1 is 0.800 bits per heavy atom. The van der Waals surface area contributed by atoms with Crippen molar-refractivity contribution < 1.29 is 0 Å². The largest absolute Gasteiger partial charge is 0.162 e. The number of rotatable bonds is 9. The van der Waals surface area contributed by atoms with E-state index < -0.39 is 8.07 Å². The van der Waals surface area contributed by atoms with Crippen LogP contribution in [0.15, 0.2) is 30.3 Å². The Labute approximate surface area is 158 Å². The lowest BCUT2D eigenvalue weighted by atomic mass is 10.2. The summed E-state index contributed by atoms with van der Waals surface area (Å²) in [4.78, 5) is 0. The third-order valence-corrected chi connectivity index (χ3v) is 6.80. The van der Waals surface area contributed by atoms with Crippen molar-refractivity contribution in [2.75, 3.05) is 0 Å². The zero-order valence-electron chi connectivity index (χ0n) is 17.0. The Morgan fingerprint density at radius 2 is 1.36 bits per heavy atom. The van der Waals surface area contributed by atoms with Crippen molar-refractivity contribution in [1.82, 2.24) is 0 Å². The summed E-state index contributed by atoms with van der Waals surface area (Å²) in [6.07, 6.45) is 17.5. The van der Waals surface area contributed by atoms with E-state index in [1.807, 2.05) is 0 Å².